The van der Waals surface area contributed by atoms with Crippen molar-refractivity contribution >= 4 is 5.52 Å². The number of nitrogens with zero attached hydrogens (tertiary/aromatic N) is 3. The quantitative estimate of drug-likeness (QED) is 0.691. The van der Waals surface area contributed by atoms with E-state index in [2.05, 4.69) is 10.3 Å². The molecule has 66 valence electrons. The van der Waals surface area contributed by atoms with E-state index in [1.54, 1.807) is 4.52 Å². The zero-order valence-electron chi connectivity index (χ0n) is 7.14. The topological polar surface area (TPSA) is 56.2 Å². The van der Waals surface area contributed by atoms with Crippen molar-refractivity contribution in [3.8, 4) is 0 Å². The lowest BCUT2D eigenvalue weighted by atomic mass is 10.2. The van der Waals surface area contributed by atoms with E-state index in [0.29, 0.717) is 0 Å². The van der Waals surface area contributed by atoms with Gasteiger partial charge in [0.15, 0.2) is 0 Å². The summed E-state index contributed by atoms with van der Waals surface area (Å²) in [4.78, 5) is 0. The van der Waals surface area contributed by atoms with Crippen molar-refractivity contribution in [2.45, 2.75) is 18.4 Å². The molecule has 0 aliphatic heterocycles. The predicted octanol–water partition coefficient (Wildman–Crippen LogP) is 0.677. The van der Waals surface area contributed by atoms with E-state index in [1.807, 2.05) is 24.4 Å². The Kier molecular flexibility index (Phi) is 1.13. The largest absolute Gasteiger partial charge is 0.320 e. The van der Waals surface area contributed by atoms with Crippen molar-refractivity contribution in [2.24, 2.45) is 5.73 Å². The van der Waals surface area contributed by atoms with E-state index < -0.39 is 0 Å². The molecule has 2 aromatic heterocycles. The van der Waals surface area contributed by atoms with Gasteiger partial charge in [-0.3, -0.25) is 0 Å². The Morgan fingerprint density at radius 1 is 1.38 bits per heavy atom. The Balaban J connectivity index is 2.30. The number of hydrogen-bond acceptors (Lipinski definition) is 3. The third-order valence-corrected chi connectivity index (χ3v) is 2.58. The van der Waals surface area contributed by atoms with Crippen LogP contribution >= 0.6 is 0 Å². The molecule has 13 heavy (non-hydrogen) atoms. The molecule has 0 saturated heterocycles. The van der Waals surface area contributed by atoms with E-state index in [-0.39, 0.29) is 5.54 Å². The lowest BCUT2D eigenvalue weighted by molar-refractivity contribution is 0.703. The van der Waals surface area contributed by atoms with Gasteiger partial charge < -0.3 is 5.73 Å². The van der Waals surface area contributed by atoms with Crippen LogP contribution in [0.3, 0.4) is 0 Å². The molecule has 1 aliphatic carbocycles. The number of fused-ring (bicyclic) bond motifs is 1. The van der Waals surface area contributed by atoms with E-state index >= 15 is 0 Å². The van der Waals surface area contributed by atoms with Gasteiger partial charge >= 0.3 is 0 Å². The maximum atomic E-state index is 6.06. The van der Waals surface area contributed by atoms with Crippen molar-refractivity contribution in [3.63, 3.8) is 0 Å². The number of pyridine rings is 1. The Morgan fingerprint density at radius 2 is 2.23 bits per heavy atom. The molecular formula is C9H10N4. The molecule has 0 atom stereocenters. The van der Waals surface area contributed by atoms with Crippen LogP contribution in [-0.4, -0.2) is 14.8 Å². The van der Waals surface area contributed by atoms with Gasteiger partial charge in [0.05, 0.1) is 11.1 Å². The van der Waals surface area contributed by atoms with Crippen molar-refractivity contribution in [1.29, 1.82) is 0 Å². The second kappa shape index (κ2) is 2.09. The minimum atomic E-state index is -0.191. The first-order valence-corrected chi connectivity index (χ1v) is 4.39. The normalized spacial score (nSPS) is 19.2. The summed E-state index contributed by atoms with van der Waals surface area (Å²) in [5, 5.41) is 8.13. The molecule has 2 N–H and O–H groups in total. The Hall–Kier alpha value is -1.42. The lowest BCUT2D eigenvalue weighted by Crippen LogP contribution is -2.19. The average molecular weight is 174 g/mol. The third kappa shape index (κ3) is 0.890. The zero-order valence-corrected chi connectivity index (χ0v) is 7.14. The van der Waals surface area contributed by atoms with Crippen LogP contribution in [0.15, 0.2) is 24.4 Å². The van der Waals surface area contributed by atoms with Crippen LogP contribution in [0.2, 0.25) is 0 Å². The monoisotopic (exact) mass is 174 g/mol. The van der Waals surface area contributed by atoms with Crippen LogP contribution in [0.5, 0.6) is 0 Å². The molecule has 1 aliphatic rings. The van der Waals surface area contributed by atoms with Crippen LogP contribution in [0.25, 0.3) is 5.52 Å². The Morgan fingerprint density at radius 3 is 3.00 bits per heavy atom. The highest BCUT2D eigenvalue weighted by atomic mass is 15.4. The minimum absolute atomic E-state index is 0.191. The molecule has 4 nitrogen and oxygen atoms in total. The van der Waals surface area contributed by atoms with Gasteiger partial charge in [-0.15, -0.1) is 5.10 Å². The molecule has 0 aromatic carbocycles. The van der Waals surface area contributed by atoms with Crippen molar-refractivity contribution < 1.29 is 0 Å². The molecule has 0 amide bonds. The van der Waals surface area contributed by atoms with Gasteiger partial charge in [-0.1, -0.05) is 11.3 Å². The lowest BCUT2D eigenvalue weighted by Gasteiger charge is -2.02. The molecule has 3 rings (SSSR count). The van der Waals surface area contributed by atoms with Crippen LogP contribution in [0.1, 0.15) is 18.5 Å². The summed E-state index contributed by atoms with van der Waals surface area (Å²) in [5.74, 6) is 0. The number of rotatable bonds is 1. The number of nitrogens with two attached hydrogens (primary N) is 1. The second-order valence-corrected chi connectivity index (χ2v) is 3.62. The van der Waals surface area contributed by atoms with Gasteiger partial charge in [-0.2, -0.15) is 0 Å². The average Bonchev–Trinajstić information content (AvgIpc) is 2.76. The Labute approximate surface area is 75.4 Å². The maximum Gasteiger partial charge on any atom is 0.110 e. The SMILES string of the molecule is NC1(c2nnn3ccccc23)CC1. The number of hydrogen-bond donors (Lipinski definition) is 1. The summed E-state index contributed by atoms with van der Waals surface area (Å²) in [6.45, 7) is 0. The molecule has 4 heteroatoms. The van der Waals surface area contributed by atoms with Crippen LogP contribution in [0, 0.1) is 0 Å². The van der Waals surface area contributed by atoms with E-state index in [9.17, 15) is 0 Å². The van der Waals surface area contributed by atoms with Crippen LogP contribution < -0.4 is 5.73 Å². The highest BCUT2D eigenvalue weighted by molar-refractivity contribution is 5.54. The highest BCUT2D eigenvalue weighted by Gasteiger charge is 2.43. The first kappa shape index (κ1) is 7.03. The summed E-state index contributed by atoms with van der Waals surface area (Å²) in [7, 11) is 0. The van der Waals surface area contributed by atoms with E-state index in [4.69, 9.17) is 5.73 Å². The summed E-state index contributed by atoms with van der Waals surface area (Å²) in [6.07, 6.45) is 3.93. The fourth-order valence-corrected chi connectivity index (χ4v) is 1.57. The molecule has 2 aromatic rings. The molecule has 2 heterocycles. The maximum absolute atomic E-state index is 6.06. The molecule has 0 spiro atoms. The van der Waals surface area contributed by atoms with Gasteiger partial charge in [-0.05, 0) is 25.0 Å². The molecule has 1 saturated carbocycles. The summed E-state index contributed by atoms with van der Waals surface area (Å²) in [6, 6.07) is 5.91. The molecule has 0 bridgehead atoms. The Bertz CT molecular complexity index is 455. The van der Waals surface area contributed by atoms with Crippen molar-refractivity contribution in [3.05, 3.63) is 30.1 Å². The van der Waals surface area contributed by atoms with Crippen molar-refractivity contribution in [2.75, 3.05) is 0 Å². The van der Waals surface area contributed by atoms with E-state index in [0.717, 1.165) is 24.1 Å². The molecular weight excluding hydrogens is 164 g/mol. The van der Waals surface area contributed by atoms with Gasteiger partial charge in [0, 0.05) is 6.20 Å². The van der Waals surface area contributed by atoms with Gasteiger partial charge in [0.1, 0.15) is 5.69 Å². The molecule has 0 unspecified atom stereocenters. The standard InChI is InChI=1S/C9H10N4/c10-9(4-5-9)8-7-3-1-2-6-13(7)12-11-8/h1-3,6H,4-5,10H2. The summed E-state index contributed by atoms with van der Waals surface area (Å²) in [5.41, 5.74) is 7.84. The fraction of sp³-hybridized carbons (Fsp3) is 0.333. The van der Waals surface area contributed by atoms with E-state index in [1.165, 1.54) is 0 Å². The van der Waals surface area contributed by atoms with Crippen LogP contribution in [0.4, 0.5) is 0 Å². The summed E-state index contributed by atoms with van der Waals surface area (Å²) >= 11 is 0. The van der Waals surface area contributed by atoms with Gasteiger partial charge in [0.25, 0.3) is 0 Å². The fourth-order valence-electron chi connectivity index (χ4n) is 1.57. The first-order valence-electron chi connectivity index (χ1n) is 4.39. The highest BCUT2D eigenvalue weighted by Crippen LogP contribution is 2.42. The molecule has 1 fully saturated rings. The van der Waals surface area contributed by atoms with Crippen LogP contribution in [-0.2, 0) is 5.54 Å². The molecule has 0 radical (unpaired) electrons. The third-order valence-electron chi connectivity index (χ3n) is 2.58. The zero-order chi connectivity index (χ0) is 8.89. The smallest absolute Gasteiger partial charge is 0.110 e. The minimum Gasteiger partial charge on any atom is -0.320 e. The predicted molar refractivity (Wildman–Crippen MR) is 48.1 cm³/mol. The van der Waals surface area contributed by atoms with Gasteiger partial charge in [-0.25, -0.2) is 4.52 Å². The second-order valence-electron chi connectivity index (χ2n) is 3.62. The van der Waals surface area contributed by atoms with Gasteiger partial charge in [0.2, 0.25) is 0 Å². The first-order chi connectivity index (χ1) is 6.30. The van der Waals surface area contributed by atoms with Crippen molar-refractivity contribution in [1.82, 2.24) is 14.8 Å². The number of aromatic nitrogens is 3. The summed E-state index contributed by atoms with van der Waals surface area (Å²) < 4.78 is 1.77.